The standard InChI is InChI=1S/C20H23NO2/c1-13(22)17-11-15(20(17,2)3)12-19(23)21-18-10-6-8-14-7-4-5-9-16(14)18/h4-10,15,17H,11-12H2,1-3H3,(H,21,23). The van der Waals surface area contributed by atoms with Gasteiger partial charge in [-0.3, -0.25) is 9.59 Å². The van der Waals surface area contributed by atoms with E-state index < -0.39 is 0 Å². The van der Waals surface area contributed by atoms with Crippen LogP contribution >= 0.6 is 0 Å². The highest BCUT2D eigenvalue weighted by molar-refractivity contribution is 6.02. The molecule has 0 bridgehead atoms. The van der Waals surface area contributed by atoms with E-state index in [-0.39, 0.29) is 28.9 Å². The van der Waals surface area contributed by atoms with Gasteiger partial charge in [0.05, 0.1) is 0 Å². The van der Waals surface area contributed by atoms with Gasteiger partial charge in [0.2, 0.25) is 5.91 Å². The molecule has 0 aliphatic heterocycles. The van der Waals surface area contributed by atoms with Crippen LogP contribution in [-0.2, 0) is 9.59 Å². The van der Waals surface area contributed by atoms with Gasteiger partial charge >= 0.3 is 0 Å². The Labute approximate surface area is 137 Å². The lowest BCUT2D eigenvalue weighted by atomic mass is 9.52. The van der Waals surface area contributed by atoms with Gasteiger partial charge < -0.3 is 5.32 Å². The van der Waals surface area contributed by atoms with Crippen LogP contribution in [-0.4, -0.2) is 11.7 Å². The number of hydrogen-bond donors (Lipinski definition) is 1. The number of ketones is 1. The summed E-state index contributed by atoms with van der Waals surface area (Å²) in [5, 5.41) is 5.21. The third-order valence-electron chi connectivity index (χ3n) is 5.46. The Bertz CT molecular complexity index is 758. The molecule has 2 aromatic rings. The van der Waals surface area contributed by atoms with Crippen molar-refractivity contribution in [2.75, 3.05) is 5.32 Å². The molecule has 1 N–H and O–H groups in total. The molecule has 1 aliphatic rings. The zero-order chi connectivity index (χ0) is 16.6. The van der Waals surface area contributed by atoms with Crippen LogP contribution < -0.4 is 5.32 Å². The molecule has 2 atom stereocenters. The number of carbonyl (C=O) groups excluding carboxylic acids is 2. The summed E-state index contributed by atoms with van der Waals surface area (Å²) < 4.78 is 0. The van der Waals surface area contributed by atoms with Crippen molar-refractivity contribution >= 4 is 28.2 Å². The quantitative estimate of drug-likeness (QED) is 0.908. The van der Waals surface area contributed by atoms with E-state index >= 15 is 0 Å². The van der Waals surface area contributed by atoms with Gasteiger partial charge in [-0.1, -0.05) is 50.2 Å². The van der Waals surface area contributed by atoms with Crippen molar-refractivity contribution in [2.45, 2.75) is 33.6 Å². The molecular weight excluding hydrogens is 286 g/mol. The second kappa shape index (κ2) is 5.80. The Morgan fingerprint density at radius 2 is 1.83 bits per heavy atom. The fraction of sp³-hybridized carbons (Fsp3) is 0.400. The molecule has 1 aliphatic carbocycles. The Morgan fingerprint density at radius 3 is 2.52 bits per heavy atom. The average molecular weight is 309 g/mol. The minimum Gasteiger partial charge on any atom is -0.326 e. The van der Waals surface area contributed by atoms with Crippen LogP contribution in [0.4, 0.5) is 5.69 Å². The minimum absolute atomic E-state index is 0.0291. The van der Waals surface area contributed by atoms with Gasteiger partial charge in [0.25, 0.3) is 0 Å². The number of anilines is 1. The summed E-state index contributed by atoms with van der Waals surface area (Å²) in [6.45, 7) is 5.84. The van der Waals surface area contributed by atoms with E-state index in [1.807, 2.05) is 42.5 Å². The highest BCUT2D eigenvalue weighted by Crippen LogP contribution is 2.53. The zero-order valence-electron chi connectivity index (χ0n) is 13.9. The number of fused-ring (bicyclic) bond motifs is 1. The van der Waals surface area contributed by atoms with Crippen molar-refractivity contribution < 1.29 is 9.59 Å². The predicted molar refractivity (Wildman–Crippen MR) is 93.3 cm³/mol. The van der Waals surface area contributed by atoms with Crippen LogP contribution in [0.2, 0.25) is 0 Å². The average Bonchev–Trinajstić information content (AvgIpc) is 2.51. The van der Waals surface area contributed by atoms with Crippen molar-refractivity contribution in [3.8, 4) is 0 Å². The van der Waals surface area contributed by atoms with Gasteiger partial charge in [-0.25, -0.2) is 0 Å². The number of nitrogens with one attached hydrogen (secondary N) is 1. The minimum atomic E-state index is -0.0814. The van der Waals surface area contributed by atoms with Crippen LogP contribution in [0.1, 0.15) is 33.6 Å². The van der Waals surface area contributed by atoms with E-state index in [9.17, 15) is 9.59 Å². The number of amides is 1. The molecule has 0 spiro atoms. The molecule has 120 valence electrons. The van der Waals surface area contributed by atoms with Crippen molar-refractivity contribution in [3.63, 3.8) is 0 Å². The van der Waals surface area contributed by atoms with Gasteiger partial charge in [-0.05, 0) is 36.1 Å². The predicted octanol–water partition coefficient (Wildman–Crippen LogP) is 4.42. The summed E-state index contributed by atoms with van der Waals surface area (Å²) in [4.78, 5) is 24.0. The van der Waals surface area contributed by atoms with E-state index in [0.29, 0.717) is 6.42 Å². The topological polar surface area (TPSA) is 46.2 Å². The van der Waals surface area contributed by atoms with Gasteiger partial charge in [-0.15, -0.1) is 0 Å². The van der Waals surface area contributed by atoms with E-state index in [4.69, 9.17) is 0 Å². The van der Waals surface area contributed by atoms with Crippen molar-refractivity contribution in [1.29, 1.82) is 0 Å². The first-order valence-corrected chi connectivity index (χ1v) is 8.17. The molecule has 3 heteroatoms. The lowest BCUT2D eigenvalue weighted by Gasteiger charge is -2.51. The first-order valence-electron chi connectivity index (χ1n) is 8.17. The second-order valence-corrected chi connectivity index (χ2v) is 7.20. The summed E-state index contributed by atoms with van der Waals surface area (Å²) in [7, 11) is 0. The molecule has 0 aromatic heterocycles. The smallest absolute Gasteiger partial charge is 0.224 e. The molecule has 0 heterocycles. The second-order valence-electron chi connectivity index (χ2n) is 7.20. The molecule has 0 radical (unpaired) electrons. The van der Waals surface area contributed by atoms with E-state index in [1.54, 1.807) is 6.92 Å². The largest absolute Gasteiger partial charge is 0.326 e. The molecule has 1 saturated carbocycles. The van der Waals surface area contributed by atoms with Crippen molar-refractivity contribution in [1.82, 2.24) is 0 Å². The van der Waals surface area contributed by atoms with Crippen LogP contribution in [0.3, 0.4) is 0 Å². The van der Waals surface area contributed by atoms with Crippen LogP contribution in [0.25, 0.3) is 10.8 Å². The van der Waals surface area contributed by atoms with Crippen molar-refractivity contribution in [3.05, 3.63) is 42.5 Å². The highest BCUT2D eigenvalue weighted by Gasteiger charge is 2.50. The van der Waals surface area contributed by atoms with E-state index in [2.05, 4.69) is 19.2 Å². The SMILES string of the molecule is CC(=O)C1CC(CC(=O)Nc2cccc3ccccc23)C1(C)C. The fourth-order valence-corrected chi connectivity index (χ4v) is 3.81. The van der Waals surface area contributed by atoms with Gasteiger partial charge in [-0.2, -0.15) is 0 Å². The number of Topliss-reactive ketones (excluding diaryl/α,β-unsaturated/α-hetero) is 1. The van der Waals surface area contributed by atoms with Crippen molar-refractivity contribution in [2.24, 2.45) is 17.3 Å². The third kappa shape index (κ3) is 2.88. The zero-order valence-corrected chi connectivity index (χ0v) is 13.9. The Morgan fingerprint density at radius 1 is 1.13 bits per heavy atom. The van der Waals surface area contributed by atoms with E-state index in [1.165, 1.54) is 0 Å². The Hall–Kier alpha value is -2.16. The number of benzene rings is 2. The lowest BCUT2D eigenvalue weighted by molar-refractivity contribution is -0.139. The summed E-state index contributed by atoms with van der Waals surface area (Å²) in [6.07, 6.45) is 1.30. The van der Waals surface area contributed by atoms with Crippen LogP contribution in [0, 0.1) is 17.3 Å². The molecule has 0 saturated heterocycles. The fourth-order valence-electron chi connectivity index (χ4n) is 3.81. The maximum absolute atomic E-state index is 12.4. The molecule has 2 aromatic carbocycles. The van der Waals surface area contributed by atoms with Gasteiger partial charge in [0, 0.05) is 23.4 Å². The Kier molecular flexibility index (Phi) is 3.97. The molecule has 3 rings (SSSR count). The summed E-state index contributed by atoms with van der Waals surface area (Å²) in [5.41, 5.74) is 0.774. The maximum Gasteiger partial charge on any atom is 0.224 e. The van der Waals surface area contributed by atoms with Gasteiger partial charge in [0.1, 0.15) is 5.78 Å². The number of rotatable bonds is 4. The normalized spacial score (nSPS) is 22.4. The molecular formula is C20H23NO2. The lowest BCUT2D eigenvalue weighted by Crippen LogP contribution is -2.49. The summed E-state index contributed by atoms with van der Waals surface area (Å²) >= 11 is 0. The van der Waals surface area contributed by atoms with Crippen LogP contribution in [0.15, 0.2) is 42.5 Å². The van der Waals surface area contributed by atoms with Crippen LogP contribution in [0.5, 0.6) is 0 Å². The third-order valence-corrected chi connectivity index (χ3v) is 5.46. The van der Waals surface area contributed by atoms with Gasteiger partial charge in [0.15, 0.2) is 0 Å². The summed E-state index contributed by atoms with van der Waals surface area (Å²) in [6, 6.07) is 14.0. The monoisotopic (exact) mass is 309 g/mol. The molecule has 3 nitrogen and oxygen atoms in total. The van der Waals surface area contributed by atoms with E-state index in [0.717, 1.165) is 22.9 Å². The Balaban J connectivity index is 1.70. The summed E-state index contributed by atoms with van der Waals surface area (Å²) in [5.74, 6) is 0.631. The molecule has 1 fully saturated rings. The molecule has 1 amide bonds. The molecule has 2 unspecified atom stereocenters. The number of carbonyl (C=O) groups is 2. The first-order chi connectivity index (χ1) is 10.9. The highest BCUT2D eigenvalue weighted by atomic mass is 16.1. The first kappa shape index (κ1) is 15.7. The maximum atomic E-state index is 12.4. The molecule has 23 heavy (non-hydrogen) atoms. The number of hydrogen-bond acceptors (Lipinski definition) is 2.